The summed E-state index contributed by atoms with van der Waals surface area (Å²) in [5, 5.41) is 1.69. The molecule has 0 amide bonds. The summed E-state index contributed by atoms with van der Waals surface area (Å²) in [4.78, 5) is 0. The van der Waals surface area contributed by atoms with Crippen molar-refractivity contribution >= 4 is 15.1 Å². The molecule has 3 aromatic carbocycles. The van der Waals surface area contributed by atoms with Gasteiger partial charge in [-0.3, -0.25) is 0 Å². The number of benzene rings is 3. The third-order valence-corrected chi connectivity index (χ3v) is 18.9. The third kappa shape index (κ3) is 7.25. The van der Waals surface area contributed by atoms with E-state index >= 15 is 0 Å². The number of hydrogen-bond acceptors (Lipinski definition) is 0. The SMILES string of the molecule is CC1=[C](/[Zr+2](=[CH]/c2ccc(C)cc2)[c]2cc(C(C)(C)C)cc3c2Cc2ccc(C(C)(C)C)cc2-3)C(C)C=C1[Si](C)(C)C.[Cl-].[Cl-]. The zero-order valence-electron chi connectivity index (χ0n) is 28.4. The van der Waals surface area contributed by atoms with E-state index in [2.05, 4.69) is 146 Å². The molecule has 0 aromatic heterocycles. The van der Waals surface area contributed by atoms with Crippen molar-refractivity contribution < 1.29 is 46.1 Å². The van der Waals surface area contributed by atoms with Crippen LogP contribution in [0.3, 0.4) is 0 Å². The number of halogens is 2. The molecule has 0 saturated heterocycles. The van der Waals surface area contributed by atoms with Crippen LogP contribution in [0.15, 0.2) is 74.7 Å². The molecule has 0 nitrogen and oxygen atoms in total. The Kier molecular flexibility index (Phi) is 10.8. The molecule has 0 spiro atoms. The summed E-state index contributed by atoms with van der Waals surface area (Å²) in [6, 6.07) is 21.8. The number of hydrogen-bond donors (Lipinski definition) is 0. The largest absolute Gasteiger partial charge is 1.00 e. The average Bonchev–Trinajstić information content (AvgIpc) is 3.38. The summed E-state index contributed by atoms with van der Waals surface area (Å²) >= 11 is -2.52. The first-order chi connectivity index (χ1) is 18.9. The van der Waals surface area contributed by atoms with Crippen molar-refractivity contribution in [3.05, 3.63) is 108 Å². The molecule has 5 rings (SSSR count). The van der Waals surface area contributed by atoms with E-state index in [1.54, 1.807) is 22.9 Å². The topological polar surface area (TPSA) is 0 Å². The minimum atomic E-state index is -2.52. The van der Waals surface area contributed by atoms with E-state index in [0.717, 1.165) is 6.42 Å². The van der Waals surface area contributed by atoms with E-state index < -0.39 is 29.3 Å². The molecule has 0 radical (unpaired) electrons. The van der Waals surface area contributed by atoms with E-state index in [9.17, 15) is 0 Å². The Bertz CT molecular complexity index is 1620. The van der Waals surface area contributed by atoms with Crippen LogP contribution in [-0.2, 0) is 38.5 Å². The molecule has 0 fully saturated rings. The first kappa shape index (κ1) is 36.2. The van der Waals surface area contributed by atoms with Gasteiger partial charge in [0, 0.05) is 0 Å². The van der Waals surface area contributed by atoms with Crippen LogP contribution in [0.1, 0.15) is 88.8 Å². The monoisotopic (exact) mass is 706 g/mol. The molecule has 1 unspecified atom stereocenters. The fourth-order valence-electron chi connectivity index (χ4n) is 6.75. The molecule has 4 heteroatoms. The fraction of sp³-hybridized carbons (Fsp3) is 0.410. The summed E-state index contributed by atoms with van der Waals surface area (Å²) < 4.78 is 6.27. The first-order valence-corrected chi connectivity index (χ1v) is 22.9. The van der Waals surface area contributed by atoms with Crippen LogP contribution < -0.4 is 28.1 Å². The molecule has 0 aliphatic heterocycles. The average molecular weight is 709 g/mol. The number of allylic oxidation sites excluding steroid dienone is 4. The van der Waals surface area contributed by atoms with Crippen molar-refractivity contribution in [1.82, 2.24) is 0 Å². The normalized spacial score (nSPS) is 16.4. The maximum atomic E-state index is 2.77. The second-order valence-electron chi connectivity index (χ2n) is 15.7. The second kappa shape index (κ2) is 12.8. The first-order valence-electron chi connectivity index (χ1n) is 15.5. The van der Waals surface area contributed by atoms with Gasteiger partial charge in [0.05, 0.1) is 0 Å². The van der Waals surface area contributed by atoms with Gasteiger partial charge in [-0.05, 0) is 0 Å². The van der Waals surface area contributed by atoms with Crippen molar-refractivity contribution in [2.24, 2.45) is 5.92 Å². The Hall–Kier alpha value is -1.31. The molecule has 3 aromatic rings. The van der Waals surface area contributed by atoms with Crippen molar-refractivity contribution in [3.8, 4) is 11.1 Å². The molecule has 43 heavy (non-hydrogen) atoms. The number of rotatable bonds is 4. The van der Waals surface area contributed by atoms with Gasteiger partial charge in [-0.2, -0.15) is 0 Å². The van der Waals surface area contributed by atoms with E-state index in [1.165, 1.54) is 38.9 Å². The van der Waals surface area contributed by atoms with Gasteiger partial charge in [0.1, 0.15) is 0 Å². The fourth-order valence-corrected chi connectivity index (χ4v) is 16.7. The molecule has 2 aliphatic carbocycles. The molecule has 228 valence electrons. The van der Waals surface area contributed by atoms with Crippen LogP contribution in [0.5, 0.6) is 0 Å². The maximum Gasteiger partial charge on any atom is -1.00 e. The predicted molar refractivity (Wildman–Crippen MR) is 181 cm³/mol. The summed E-state index contributed by atoms with van der Waals surface area (Å²) in [5.74, 6) is 0.526. The standard InChI is InChI=1S/C21H25.C10H17Si.C8H8.2ClH.Zr/c1-20(2,3)16-9-7-14-11-15-8-10-17(21(4,5)6)13-19(15)18(14)12-16;1-8-6-9(2)10(7-8)11(3,4)5;1-7-3-5-8(2)6-4-7;;;/h7,9-10,12-13H,11H2,1-6H3;7-8H,1-5H3;1,3-6H,2H3;2*1H;/q;;;;;+2/p-2. The molecule has 0 bridgehead atoms. The van der Waals surface area contributed by atoms with Gasteiger partial charge in [-0.1, -0.05) is 0 Å². The Labute approximate surface area is 283 Å². The van der Waals surface area contributed by atoms with E-state index in [-0.39, 0.29) is 35.6 Å². The minimum absolute atomic E-state index is 0. The number of aryl methyl sites for hydroxylation is 1. The molecule has 0 N–H and O–H groups in total. The van der Waals surface area contributed by atoms with Gasteiger partial charge < -0.3 is 24.8 Å². The van der Waals surface area contributed by atoms with Crippen LogP contribution in [0.4, 0.5) is 0 Å². The van der Waals surface area contributed by atoms with Gasteiger partial charge in [0.2, 0.25) is 0 Å². The minimum Gasteiger partial charge on any atom is -1.00 e. The molecular formula is C39H50Cl2SiZr. The maximum absolute atomic E-state index is 2.77. The summed E-state index contributed by atoms with van der Waals surface area (Å²) in [7, 11) is -1.43. The van der Waals surface area contributed by atoms with Gasteiger partial charge in [-0.15, -0.1) is 0 Å². The van der Waals surface area contributed by atoms with Gasteiger partial charge in [-0.25, -0.2) is 0 Å². The number of fused-ring (bicyclic) bond motifs is 3. The van der Waals surface area contributed by atoms with Crippen molar-refractivity contribution in [3.63, 3.8) is 0 Å². The zero-order valence-corrected chi connectivity index (χ0v) is 33.4. The molecule has 1 atom stereocenters. The summed E-state index contributed by atoms with van der Waals surface area (Å²) in [6.07, 6.45) is 3.72. The van der Waals surface area contributed by atoms with Crippen molar-refractivity contribution in [2.75, 3.05) is 0 Å². The Balaban J connectivity index is 0.00000253. The van der Waals surface area contributed by atoms with Crippen molar-refractivity contribution in [2.45, 2.75) is 99.2 Å². The zero-order chi connectivity index (χ0) is 30.1. The van der Waals surface area contributed by atoms with Crippen LogP contribution in [0, 0.1) is 12.8 Å². The van der Waals surface area contributed by atoms with Crippen LogP contribution in [-0.4, -0.2) is 11.8 Å². The Morgan fingerprint density at radius 1 is 0.767 bits per heavy atom. The van der Waals surface area contributed by atoms with Crippen LogP contribution in [0.25, 0.3) is 11.1 Å². The summed E-state index contributed by atoms with van der Waals surface area (Å²) in [5.41, 5.74) is 13.6. The molecule has 0 saturated carbocycles. The smallest absolute Gasteiger partial charge is 1.00 e. The molecular weight excluding hydrogens is 659 g/mol. The van der Waals surface area contributed by atoms with E-state index in [4.69, 9.17) is 0 Å². The van der Waals surface area contributed by atoms with Gasteiger partial charge in [0.25, 0.3) is 0 Å². The Morgan fingerprint density at radius 2 is 1.35 bits per heavy atom. The van der Waals surface area contributed by atoms with E-state index in [0.29, 0.717) is 5.92 Å². The predicted octanol–water partition coefficient (Wildman–Crippen LogP) is 3.99. The molecule has 2 aliphatic rings. The quantitative estimate of drug-likeness (QED) is 0.282. The molecule has 0 heterocycles. The van der Waals surface area contributed by atoms with Crippen LogP contribution >= 0.6 is 0 Å². The van der Waals surface area contributed by atoms with Gasteiger partial charge in [0.15, 0.2) is 0 Å². The Morgan fingerprint density at radius 3 is 1.88 bits per heavy atom. The van der Waals surface area contributed by atoms with Crippen molar-refractivity contribution in [1.29, 1.82) is 0 Å². The van der Waals surface area contributed by atoms with Crippen LogP contribution in [0.2, 0.25) is 19.6 Å². The van der Waals surface area contributed by atoms with E-state index in [1.807, 2.05) is 0 Å². The second-order valence-corrected chi connectivity index (χ2v) is 26.2. The van der Waals surface area contributed by atoms with Gasteiger partial charge >= 0.3 is 261 Å². The summed E-state index contributed by atoms with van der Waals surface area (Å²) in [6.45, 7) is 28.9. The third-order valence-electron chi connectivity index (χ3n) is 9.21.